The fourth-order valence-electron chi connectivity index (χ4n) is 3.73. The molecule has 1 saturated heterocycles. The lowest BCUT2D eigenvalue weighted by atomic mass is 10.0. The highest BCUT2D eigenvalue weighted by molar-refractivity contribution is 9.10. The van der Waals surface area contributed by atoms with Crippen LogP contribution in [0.5, 0.6) is 0 Å². The van der Waals surface area contributed by atoms with E-state index in [1.165, 1.54) is 12.8 Å². The predicted molar refractivity (Wildman–Crippen MR) is 118 cm³/mol. The van der Waals surface area contributed by atoms with Gasteiger partial charge in [-0.3, -0.25) is 9.59 Å². The molecule has 0 spiro atoms. The highest BCUT2D eigenvalue weighted by atomic mass is 79.9. The van der Waals surface area contributed by atoms with Gasteiger partial charge >= 0.3 is 0 Å². The third-order valence-electron chi connectivity index (χ3n) is 5.67. The summed E-state index contributed by atoms with van der Waals surface area (Å²) in [5.41, 5.74) is 2.40. The van der Waals surface area contributed by atoms with Crippen molar-refractivity contribution in [2.45, 2.75) is 31.7 Å². The van der Waals surface area contributed by atoms with Crippen molar-refractivity contribution in [1.29, 1.82) is 0 Å². The van der Waals surface area contributed by atoms with E-state index in [1.807, 2.05) is 48.5 Å². The van der Waals surface area contributed by atoms with Crippen LogP contribution in [0.15, 0.2) is 53.0 Å². The number of amides is 2. The van der Waals surface area contributed by atoms with Gasteiger partial charge in [0.05, 0.1) is 5.56 Å². The minimum atomic E-state index is -0.0317. The van der Waals surface area contributed by atoms with Gasteiger partial charge in [-0.05, 0) is 68.0 Å². The van der Waals surface area contributed by atoms with Crippen molar-refractivity contribution in [3.63, 3.8) is 0 Å². The summed E-state index contributed by atoms with van der Waals surface area (Å²) in [5.74, 6) is 0.644. The van der Waals surface area contributed by atoms with Gasteiger partial charge in [0.1, 0.15) is 0 Å². The van der Waals surface area contributed by atoms with Crippen molar-refractivity contribution in [3.05, 3.63) is 64.1 Å². The average molecular weight is 456 g/mol. The predicted octanol–water partition coefficient (Wildman–Crippen LogP) is 3.99. The molecule has 1 saturated carbocycles. The SMILES string of the molecule is O=C(NC1CCN(c2ccccc2C(=O)NCC2CC2)CC1)c1ccc(Br)cc1. The molecule has 2 fully saturated rings. The molecule has 29 heavy (non-hydrogen) atoms. The number of piperidine rings is 1. The first kappa shape index (κ1) is 20.0. The van der Waals surface area contributed by atoms with Crippen LogP contribution in [-0.2, 0) is 0 Å². The van der Waals surface area contributed by atoms with Crippen LogP contribution in [0.2, 0.25) is 0 Å². The van der Waals surface area contributed by atoms with E-state index in [9.17, 15) is 9.59 Å². The largest absolute Gasteiger partial charge is 0.371 e. The minimum Gasteiger partial charge on any atom is -0.371 e. The number of para-hydroxylation sites is 1. The standard InChI is InChI=1S/C23H26BrN3O2/c24-18-9-7-17(8-10-18)22(28)26-19-11-13-27(14-12-19)21-4-2-1-3-20(21)23(29)25-15-16-5-6-16/h1-4,7-10,16,19H,5-6,11-15H2,(H,25,29)(H,26,28). The molecule has 0 bridgehead atoms. The van der Waals surface area contributed by atoms with Gasteiger partial charge in [0, 0.05) is 41.4 Å². The summed E-state index contributed by atoms with van der Waals surface area (Å²) in [6.07, 6.45) is 4.17. The molecule has 152 valence electrons. The Bertz CT molecular complexity index is 872. The summed E-state index contributed by atoms with van der Waals surface area (Å²) in [5, 5.41) is 6.21. The van der Waals surface area contributed by atoms with Crippen LogP contribution in [0.3, 0.4) is 0 Å². The molecule has 1 aliphatic carbocycles. The molecule has 2 aromatic carbocycles. The molecule has 2 amide bonds. The number of hydrogen-bond acceptors (Lipinski definition) is 3. The topological polar surface area (TPSA) is 61.4 Å². The Morgan fingerprint density at radius 1 is 0.931 bits per heavy atom. The quantitative estimate of drug-likeness (QED) is 0.691. The highest BCUT2D eigenvalue weighted by Crippen LogP contribution is 2.28. The number of halogens is 1. The van der Waals surface area contributed by atoms with Crippen LogP contribution in [0.4, 0.5) is 5.69 Å². The number of nitrogens with zero attached hydrogens (tertiary/aromatic N) is 1. The van der Waals surface area contributed by atoms with Crippen molar-refractivity contribution in [2.24, 2.45) is 5.92 Å². The molecule has 0 aromatic heterocycles. The summed E-state index contributed by atoms with van der Waals surface area (Å²) >= 11 is 3.39. The molecular weight excluding hydrogens is 430 g/mol. The Balaban J connectivity index is 1.34. The van der Waals surface area contributed by atoms with Crippen molar-refractivity contribution in [2.75, 3.05) is 24.5 Å². The molecule has 2 aromatic rings. The van der Waals surface area contributed by atoms with Crippen LogP contribution in [-0.4, -0.2) is 37.5 Å². The molecular formula is C23H26BrN3O2. The van der Waals surface area contributed by atoms with Crippen molar-refractivity contribution >= 4 is 33.4 Å². The zero-order chi connectivity index (χ0) is 20.2. The molecule has 2 N–H and O–H groups in total. The van der Waals surface area contributed by atoms with E-state index in [0.717, 1.165) is 48.2 Å². The van der Waals surface area contributed by atoms with Crippen LogP contribution in [0.1, 0.15) is 46.4 Å². The maximum absolute atomic E-state index is 12.6. The van der Waals surface area contributed by atoms with Gasteiger partial charge < -0.3 is 15.5 Å². The van der Waals surface area contributed by atoms with E-state index in [-0.39, 0.29) is 17.9 Å². The van der Waals surface area contributed by atoms with E-state index < -0.39 is 0 Å². The van der Waals surface area contributed by atoms with E-state index >= 15 is 0 Å². The number of nitrogens with one attached hydrogen (secondary N) is 2. The molecule has 5 nitrogen and oxygen atoms in total. The van der Waals surface area contributed by atoms with E-state index in [4.69, 9.17) is 0 Å². The number of rotatable bonds is 6. The Morgan fingerprint density at radius 3 is 2.31 bits per heavy atom. The van der Waals surface area contributed by atoms with Crippen LogP contribution in [0.25, 0.3) is 0 Å². The molecule has 1 heterocycles. The fourth-order valence-corrected chi connectivity index (χ4v) is 3.99. The lowest BCUT2D eigenvalue weighted by Gasteiger charge is -2.35. The van der Waals surface area contributed by atoms with E-state index in [1.54, 1.807) is 0 Å². The number of carbonyl (C=O) groups excluding carboxylic acids is 2. The molecule has 1 aliphatic heterocycles. The number of anilines is 1. The summed E-state index contributed by atoms with van der Waals surface area (Å²) in [6, 6.07) is 15.4. The van der Waals surface area contributed by atoms with Crippen LogP contribution in [0, 0.1) is 5.92 Å². The summed E-state index contributed by atoms with van der Waals surface area (Å²) in [7, 11) is 0. The smallest absolute Gasteiger partial charge is 0.253 e. The average Bonchev–Trinajstić information content (AvgIpc) is 3.57. The molecule has 2 aliphatic rings. The van der Waals surface area contributed by atoms with E-state index in [2.05, 4.69) is 31.5 Å². The van der Waals surface area contributed by atoms with Gasteiger partial charge in [0.25, 0.3) is 11.8 Å². The number of benzene rings is 2. The molecule has 4 rings (SSSR count). The first-order valence-electron chi connectivity index (χ1n) is 10.3. The molecule has 0 atom stereocenters. The zero-order valence-electron chi connectivity index (χ0n) is 16.4. The second kappa shape index (κ2) is 8.99. The van der Waals surface area contributed by atoms with Gasteiger partial charge in [-0.15, -0.1) is 0 Å². The first-order valence-corrected chi connectivity index (χ1v) is 11.1. The lowest BCUT2D eigenvalue weighted by molar-refractivity contribution is 0.0929. The minimum absolute atomic E-state index is 0.0122. The van der Waals surface area contributed by atoms with Gasteiger partial charge in [-0.25, -0.2) is 0 Å². The maximum Gasteiger partial charge on any atom is 0.253 e. The van der Waals surface area contributed by atoms with Crippen molar-refractivity contribution in [3.8, 4) is 0 Å². The van der Waals surface area contributed by atoms with Crippen molar-refractivity contribution < 1.29 is 9.59 Å². The fraction of sp³-hybridized carbons (Fsp3) is 0.391. The number of carbonyl (C=O) groups is 2. The Labute approximate surface area is 180 Å². The van der Waals surface area contributed by atoms with Gasteiger partial charge in [-0.1, -0.05) is 28.1 Å². The van der Waals surface area contributed by atoms with Gasteiger partial charge in [-0.2, -0.15) is 0 Å². The summed E-state index contributed by atoms with van der Waals surface area (Å²) < 4.78 is 0.960. The molecule has 0 radical (unpaired) electrons. The van der Waals surface area contributed by atoms with Crippen molar-refractivity contribution in [1.82, 2.24) is 10.6 Å². The normalized spacial score (nSPS) is 17.1. The second-order valence-corrected chi connectivity index (χ2v) is 8.83. The molecule has 6 heteroatoms. The molecule has 0 unspecified atom stereocenters. The Kier molecular flexibility index (Phi) is 6.19. The monoisotopic (exact) mass is 455 g/mol. The second-order valence-electron chi connectivity index (χ2n) is 7.91. The van der Waals surface area contributed by atoms with Crippen LogP contribution < -0.4 is 15.5 Å². The Hall–Kier alpha value is -2.34. The highest BCUT2D eigenvalue weighted by Gasteiger charge is 2.25. The van der Waals surface area contributed by atoms with Gasteiger partial charge in [0.15, 0.2) is 0 Å². The van der Waals surface area contributed by atoms with Gasteiger partial charge in [0.2, 0.25) is 0 Å². The maximum atomic E-state index is 12.6. The van der Waals surface area contributed by atoms with Crippen LogP contribution >= 0.6 is 15.9 Å². The summed E-state index contributed by atoms with van der Waals surface area (Å²) in [4.78, 5) is 27.3. The third-order valence-corrected chi connectivity index (χ3v) is 6.20. The zero-order valence-corrected chi connectivity index (χ0v) is 18.0. The third kappa shape index (κ3) is 5.18. The number of hydrogen-bond donors (Lipinski definition) is 2. The summed E-state index contributed by atoms with van der Waals surface area (Å²) in [6.45, 7) is 2.41. The lowest BCUT2D eigenvalue weighted by Crippen LogP contribution is -2.45. The first-order chi connectivity index (χ1) is 14.1. The Morgan fingerprint density at radius 2 is 1.62 bits per heavy atom. The van der Waals surface area contributed by atoms with E-state index in [0.29, 0.717) is 11.5 Å².